The number of piperazine rings is 1. The first-order valence-corrected chi connectivity index (χ1v) is 9.47. The molecule has 3 rings (SSSR count). The van der Waals surface area contributed by atoms with Crippen LogP contribution in [-0.4, -0.2) is 44.0 Å². The molecule has 1 amide bonds. The van der Waals surface area contributed by atoms with Gasteiger partial charge in [0.05, 0.1) is 0 Å². The lowest BCUT2D eigenvalue weighted by Gasteiger charge is -2.34. The van der Waals surface area contributed by atoms with E-state index in [4.69, 9.17) is 11.6 Å². The first kappa shape index (κ1) is 18.7. The fraction of sp³-hybridized carbons (Fsp3) is 0.381. The van der Waals surface area contributed by atoms with Gasteiger partial charge >= 0.3 is 0 Å². The number of carbonyl (C=O) groups is 1. The van der Waals surface area contributed by atoms with Gasteiger partial charge in [-0.3, -0.25) is 4.79 Å². The van der Waals surface area contributed by atoms with Gasteiger partial charge in [0.2, 0.25) is 5.91 Å². The Morgan fingerprint density at radius 2 is 1.77 bits per heavy atom. The second-order valence-corrected chi connectivity index (χ2v) is 7.40. The minimum Gasteiger partial charge on any atom is -0.369 e. The van der Waals surface area contributed by atoms with E-state index in [2.05, 4.69) is 34.3 Å². The quantitative estimate of drug-likeness (QED) is 0.863. The molecule has 1 fully saturated rings. The minimum atomic E-state index is 0.0374. The Bertz CT molecular complexity index is 752. The van der Waals surface area contributed by atoms with Gasteiger partial charge < -0.3 is 15.1 Å². The normalized spacial score (nSPS) is 15.1. The van der Waals surface area contributed by atoms with Crippen LogP contribution in [0.15, 0.2) is 42.5 Å². The SMILES string of the molecule is Cc1cc(N2CCN(C)CC2)ccc1NC(=O)CCc1ccc(Cl)cc1. The molecule has 0 radical (unpaired) electrons. The van der Waals surface area contributed by atoms with E-state index in [9.17, 15) is 4.79 Å². The van der Waals surface area contributed by atoms with Gasteiger partial charge in [-0.1, -0.05) is 23.7 Å². The number of amides is 1. The molecule has 1 heterocycles. The van der Waals surface area contributed by atoms with Gasteiger partial charge in [0.25, 0.3) is 0 Å². The summed E-state index contributed by atoms with van der Waals surface area (Å²) < 4.78 is 0. The number of nitrogens with zero attached hydrogens (tertiary/aromatic N) is 2. The fourth-order valence-electron chi connectivity index (χ4n) is 3.17. The predicted octanol–water partition coefficient (Wildman–Crippen LogP) is 3.97. The van der Waals surface area contributed by atoms with Gasteiger partial charge in [-0.15, -0.1) is 0 Å². The smallest absolute Gasteiger partial charge is 0.224 e. The van der Waals surface area contributed by atoms with E-state index >= 15 is 0 Å². The molecule has 2 aromatic rings. The summed E-state index contributed by atoms with van der Waals surface area (Å²) in [7, 11) is 2.16. The van der Waals surface area contributed by atoms with E-state index in [1.54, 1.807) is 0 Å². The molecular weight excluding hydrogens is 346 g/mol. The first-order chi connectivity index (χ1) is 12.5. The average molecular weight is 372 g/mol. The molecule has 2 aromatic carbocycles. The van der Waals surface area contributed by atoms with Crippen LogP contribution >= 0.6 is 11.6 Å². The van der Waals surface area contributed by atoms with Crippen molar-refractivity contribution in [3.05, 3.63) is 58.6 Å². The van der Waals surface area contributed by atoms with Crippen LogP contribution in [0.25, 0.3) is 0 Å². The molecule has 0 saturated carbocycles. The molecule has 1 aliphatic rings. The van der Waals surface area contributed by atoms with Gasteiger partial charge in [0, 0.05) is 49.0 Å². The van der Waals surface area contributed by atoms with Crippen molar-refractivity contribution >= 4 is 28.9 Å². The number of aryl methyl sites for hydroxylation is 2. The third kappa shape index (κ3) is 4.99. The summed E-state index contributed by atoms with van der Waals surface area (Å²) in [5.41, 5.74) is 4.34. The summed E-state index contributed by atoms with van der Waals surface area (Å²) in [6.07, 6.45) is 1.17. The predicted molar refractivity (Wildman–Crippen MR) is 109 cm³/mol. The molecule has 0 unspecified atom stereocenters. The van der Waals surface area contributed by atoms with Crippen LogP contribution in [0.5, 0.6) is 0 Å². The zero-order valence-corrected chi connectivity index (χ0v) is 16.2. The largest absolute Gasteiger partial charge is 0.369 e. The molecule has 26 heavy (non-hydrogen) atoms. The third-order valence-corrected chi connectivity index (χ3v) is 5.16. The molecule has 1 saturated heterocycles. The van der Waals surface area contributed by atoms with Crippen molar-refractivity contribution in [3.8, 4) is 0 Å². The molecule has 138 valence electrons. The zero-order valence-electron chi connectivity index (χ0n) is 15.5. The minimum absolute atomic E-state index is 0.0374. The molecule has 4 nitrogen and oxygen atoms in total. The molecule has 0 aliphatic carbocycles. The van der Waals surface area contributed by atoms with Crippen LogP contribution in [0, 0.1) is 6.92 Å². The summed E-state index contributed by atoms with van der Waals surface area (Å²) in [5, 5.41) is 3.75. The van der Waals surface area contributed by atoms with Gasteiger partial charge in [0.15, 0.2) is 0 Å². The van der Waals surface area contributed by atoms with Crippen molar-refractivity contribution in [1.82, 2.24) is 4.90 Å². The van der Waals surface area contributed by atoms with Gasteiger partial charge in [-0.2, -0.15) is 0 Å². The molecule has 0 aromatic heterocycles. The summed E-state index contributed by atoms with van der Waals surface area (Å²) in [5.74, 6) is 0.0374. The van der Waals surface area contributed by atoms with Crippen LogP contribution < -0.4 is 10.2 Å². The molecule has 0 atom stereocenters. The van der Waals surface area contributed by atoms with E-state index in [1.807, 2.05) is 37.3 Å². The number of likely N-dealkylation sites (N-methyl/N-ethyl adjacent to an activating group) is 1. The number of hydrogen-bond acceptors (Lipinski definition) is 3. The van der Waals surface area contributed by atoms with E-state index in [0.29, 0.717) is 17.9 Å². The monoisotopic (exact) mass is 371 g/mol. The Morgan fingerprint density at radius 3 is 2.42 bits per heavy atom. The highest BCUT2D eigenvalue weighted by Gasteiger charge is 2.15. The average Bonchev–Trinajstić information content (AvgIpc) is 2.63. The molecule has 1 N–H and O–H groups in total. The Kier molecular flexibility index (Phi) is 6.17. The number of rotatable bonds is 5. The van der Waals surface area contributed by atoms with Crippen LogP contribution in [0.1, 0.15) is 17.5 Å². The van der Waals surface area contributed by atoms with E-state index in [0.717, 1.165) is 43.0 Å². The standard InChI is InChI=1S/C21H26ClN3O/c1-16-15-19(25-13-11-24(2)12-14-25)8-9-20(16)23-21(26)10-5-17-3-6-18(22)7-4-17/h3-4,6-9,15H,5,10-14H2,1-2H3,(H,23,26). The van der Waals surface area contributed by atoms with Gasteiger partial charge in [-0.25, -0.2) is 0 Å². The number of nitrogens with one attached hydrogen (secondary N) is 1. The highest BCUT2D eigenvalue weighted by atomic mass is 35.5. The third-order valence-electron chi connectivity index (χ3n) is 4.91. The second-order valence-electron chi connectivity index (χ2n) is 6.96. The molecule has 0 bridgehead atoms. The van der Waals surface area contributed by atoms with E-state index in [-0.39, 0.29) is 5.91 Å². The number of halogens is 1. The maximum Gasteiger partial charge on any atom is 0.224 e. The lowest BCUT2D eigenvalue weighted by atomic mass is 10.1. The van der Waals surface area contributed by atoms with Crippen molar-refractivity contribution in [1.29, 1.82) is 0 Å². The molecule has 0 spiro atoms. The van der Waals surface area contributed by atoms with E-state index in [1.165, 1.54) is 5.69 Å². The Balaban J connectivity index is 1.55. The van der Waals surface area contributed by atoms with Crippen LogP contribution in [0.3, 0.4) is 0 Å². The van der Waals surface area contributed by atoms with Crippen molar-refractivity contribution < 1.29 is 4.79 Å². The Morgan fingerprint density at radius 1 is 1.08 bits per heavy atom. The summed E-state index contributed by atoms with van der Waals surface area (Å²) in [6.45, 7) is 6.31. The molecular formula is C21H26ClN3O. The Hall–Kier alpha value is -2.04. The van der Waals surface area contributed by atoms with E-state index < -0.39 is 0 Å². The van der Waals surface area contributed by atoms with Crippen molar-refractivity contribution in [3.63, 3.8) is 0 Å². The molecule has 1 aliphatic heterocycles. The van der Waals surface area contributed by atoms with Crippen LogP contribution in [0.2, 0.25) is 5.02 Å². The summed E-state index contributed by atoms with van der Waals surface area (Å²) in [6, 6.07) is 13.9. The van der Waals surface area contributed by atoms with Crippen molar-refractivity contribution in [2.75, 3.05) is 43.4 Å². The maximum absolute atomic E-state index is 12.3. The number of hydrogen-bond donors (Lipinski definition) is 1. The summed E-state index contributed by atoms with van der Waals surface area (Å²) in [4.78, 5) is 17.0. The van der Waals surface area contributed by atoms with Crippen LogP contribution in [-0.2, 0) is 11.2 Å². The molecule has 5 heteroatoms. The highest BCUT2D eigenvalue weighted by molar-refractivity contribution is 6.30. The fourth-order valence-corrected chi connectivity index (χ4v) is 3.30. The van der Waals surface area contributed by atoms with Crippen molar-refractivity contribution in [2.24, 2.45) is 0 Å². The number of carbonyl (C=O) groups excluding carboxylic acids is 1. The first-order valence-electron chi connectivity index (χ1n) is 9.10. The highest BCUT2D eigenvalue weighted by Crippen LogP contribution is 2.24. The van der Waals surface area contributed by atoms with Gasteiger partial charge in [-0.05, 0) is 61.9 Å². The van der Waals surface area contributed by atoms with Gasteiger partial charge in [0.1, 0.15) is 0 Å². The Labute approximate surface area is 160 Å². The topological polar surface area (TPSA) is 35.6 Å². The second kappa shape index (κ2) is 8.56. The number of anilines is 2. The van der Waals surface area contributed by atoms with Crippen molar-refractivity contribution in [2.45, 2.75) is 19.8 Å². The lowest BCUT2D eigenvalue weighted by Crippen LogP contribution is -2.44. The number of benzene rings is 2. The summed E-state index contributed by atoms with van der Waals surface area (Å²) >= 11 is 5.89. The van der Waals surface area contributed by atoms with Crippen LogP contribution in [0.4, 0.5) is 11.4 Å². The zero-order chi connectivity index (χ0) is 18.5. The lowest BCUT2D eigenvalue weighted by molar-refractivity contribution is -0.116. The maximum atomic E-state index is 12.3.